The number of carbonyl (C=O) groups excluding carboxylic acids is 1. The van der Waals surface area contributed by atoms with Crippen molar-refractivity contribution in [2.24, 2.45) is 5.92 Å². The van der Waals surface area contributed by atoms with Gasteiger partial charge in [0.25, 0.3) is 0 Å². The molecule has 5 rings (SSSR count). The van der Waals surface area contributed by atoms with Crippen molar-refractivity contribution in [3.05, 3.63) is 99.8 Å². The Morgan fingerprint density at radius 3 is 2.62 bits per heavy atom. The highest BCUT2D eigenvalue weighted by Crippen LogP contribution is 2.38. The van der Waals surface area contributed by atoms with Gasteiger partial charge in [0.1, 0.15) is 12.4 Å². The van der Waals surface area contributed by atoms with E-state index in [4.69, 9.17) is 16.3 Å². The van der Waals surface area contributed by atoms with E-state index in [1.165, 1.54) is 0 Å². The lowest BCUT2D eigenvalue weighted by Crippen LogP contribution is -2.36. The molecule has 1 fully saturated rings. The van der Waals surface area contributed by atoms with Gasteiger partial charge in [-0.15, -0.1) is 0 Å². The van der Waals surface area contributed by atoms with E-state index in [0.29, 0.717) is 11.6 Å². The van der Waals surface area contributed by atoms with Crippen molar-refractivity contribution in [1.29, 1.82) is 0 Å². The Hall–Kier alpha value is -2.99. The SMILES string of the molecule is CC(C)(O)c1ccc2c(c1)/C(=C\CCN1CCC(C(=O)c3ccc(Cl)cc3)CC1)c1cccnc1CO2. The zero-order valence-electron chi connectivity index (χ0n) is 21.4. The molecule has 2 aromatic carbocycles. The summed E-state index contributed by atoms with van der Waals surface area (Å²) in [7, 11) is 0. The molecule has 5 nitrogen and oxygen atoms in total. The molecule has 0 radical (unpaired) electrons. The van der Waals surface area contributed by atoms with Gasteiger partial charge in [-0.05, 0) is 99.8 Å². The summed E-state index contributed by atoms with van der Waals surface area (Å²) in [5.74, 6) is 1.10. The van der Waals surface area contributed by atoms with E-state index in [-0.39, 0.29) is 11.7 Å². The number of ketones is 1. The molecule has 0 saturated carbocycles. The first-order valence-electron chi connectivity index (χ1n) is 13.0. The lowest BCUT2D eigenvalue weighted by molar-refractivity contribution is 0.0784. The number of ether oxygens (including phenoxy) is 1. The minimum absolute atomic E-state index is 0.0693. The predicted molar refractivity (Wildman–Crippen MR) is 147 cm³/mol. The van der Waals surface area contributed by atoms with E-state index < -0.39 is 5.60 Å². The second-order valence-electron chi connectivity index (χ2n) is 10.4. The van der Waals surface area contributed by atoms with Crippen molar-refractivity contribution in [3.8, 4) is 5.75 Å². The zero-order valence-corrected chi connectivity index (χ0v) is 22.2. The summed E-state index contributed by atoms with van der Waals surface area (Å²) in [6.45, 7) is 6.75. The molecule has 192 valence electrons. The van der Waals surface area contributed by atoms with Gasteiger partial charge < -0.3 is 14.7 Å². The summed E-state index contributed by atoms with van der Waals surface area (Å²) in [5.41, 5.74) is 4.71. The topological polar surface area (TPSA) is 62.7 Å². The average Bonchev–Trinajstić information content (AvgIpc) is 3.05. The average molecular weight is 517 g/mol. The number of aliphatic hydroxyl groups is 1. The second-order valence-corrected chi connectivity index (χ2v) is 10.9. The van der Waals surface area contributed by atoms with Crippen LogP contribution in [0, 0.1) is 5.92 Å². The summed E-state index contributed by atoms with van der Waals surface area (Å²) in [4.78, 5) is 19.9. The van der Waals surface area contributed by atoms with E-state index in [1.807, 2.05) is 36.4 Å². The standard InChI is InChI=1S/C31H33ClN2O3/c1-31(2,36)23-9-12-29-27(19-23)25(26-5-3-15-33-28(26)20-37-29)6-4-16-34-17-13-22(14-18-34)30(35)21-7-10-24(32)11-8-21/h3,5-12,15,19,22,36H,4,13-14,16-18,20H2,1-2H3/b25-6-. The molecule has 1 N–H and O–H groups in total. The number of aromatic nitrogens is 1. The normalized spacial score (nSPS) is 17.6. The molecule has 3 heterocycles. The van der Waals surface area contributed by atoms with Crippen LogP contribution in [-0.4, -0.2) is 40.4 Å². The van der Waals surface area contributed by atoms with Gasteiger partial charge in [-0.2, -0.15) is 0 Å². The molecular weight excluding hydrogens is 484 g/mol. The third kappa shape index (κ3) is 5.80. The Bertz CT molecular complexity index is 1300. The fraction of sp³-hybridized carbons (Fsp3) is 0.355. The third-order valence-corrected chi connectivity index (χ3v) is 7.65. The summed E-state index contributed by atoms with van der Waals surface area (Å²) in [6, 6.07) is 17.2. The first-order valence-corrected chi connectivity index (χ1v) is 13.3. The van der Waals surface area contributed by atoms with Crippen LogP contribution in [0.15, 0.2) is 66.9 Å². The number of hydrogen-bond acceptors (Lipinski definition) is 5. The van der Waals surface area contributed by atoms with Gasteiger partial charge in [-0.25, -0.2) is 0 Å². The zero-order chi connectivity index (χ0) is 26.0. The summed E-state index contributed by atoms with van der Waals surface area (Å²) >= 11 is 5.97. The van der Waals surface area contributed by atoms with Crippen molar-refractivity contribution >= 4 is 23.0 Å². The van der Waals surface area contributed by atoms with Gasteiger partial charge in [0.2, 0.25) is 0 Å². The number of carbonyl (C=O) groups is 1. The number of rotatable bonds is 6. The van der Waals surface area contributed by atoms with E-state index >= 15 is 0 Å². The van der Waals surface area contributed by atoms with Crippen molar-refractivity contribution < 1.29 is 14.6 Å². The molecule has 1 saturated heterocycles. The fourth-order valence-electron chi connectivity index (χ4n) is 5.22. The summed E-state index contributed by atoms with van der Waals surface area (Å²) in [6.07, 6.45) is 6.68. The molecule has 3 aromatic rings. The van der Waals surface area contributed by atoms with Gasteiger partial charge in [0, 0.05) is 40.4 Å². The van der Waals surface area contributed by atoms with E-state index in [1.54, 1.807) is 32.2 Å². The molecule has 2 aliphatic heterocycles. The molecule has 0 unspecified atom stereocenters. The number of fused-ring (bicyclic) bond motifs is 2. The van der Waals surface area contributed by atoms with E-state index in [0.717, 1.165) is 78.2 Å². The number of benzene rings is 2. The van der Waals surface area contributed by atoms with Crippen LogP contribution >= 0.6 is 11.6 Å². The van der Waals surface area contributed by atoms with E-state index in [2.05, 4.69) is 22.0 Å². The van der Waals surface area contributed by atoms with Gasteiger partial charge in [0.05, 0.1) is 11.3 Å². The highest BCUT2D eigenvalue weighted by molar-refractivity contribution is 6.30. The Morgan fingerprint density at radius 1 is 1.14 bits per heavy atom. The maximum Gasteiger partial charge on any atom is 0.166 e. The largest absolute Gasteiger partial charge is 0.487 e. The first-order chi connectivity index (χ1) is 17.8. The molecule has 0 spiro atoms. The molecule has 1 aromatic heterocycles. The Labute approximate surface area is 223 Å². The second kappa shape index (κ2) is 10.8. The van der Waals surface area contributed by atoms with Crippen LogP contribution in [0.3, 0.4) is 0 Å². The molecule has 37 heavy (non-hydrogen) atoms. The minimum Gasteiger partial charge on any atom is -0.487 e. The quantitative estimate of drug-likeness (QED) is 0.391. The van der Waals surface area contributed by atoms with Crippen molar-refractivity contribution in [2.75, 3.05) is 19.6 Å². The van der Waals surface area contributed by atoms with Gasteiger partial charge in [-0.1, -0.05) is 29.8 Å². The maximum atomic E-state index is 12.9. The molecule has 0 bridgehead atoms. The number of Topliss-reactive ketones (excluding diaryl/α,β-unsaturated/α-hetero) is 1. The molecule has 0 aliphatic carbocycles. The van der Waals surface area contributed by atoms with Crippen molar-refractivity contribution in [3.63, 3.8) is 0 Å². The number of piperidine rings is 1. The third-order valence-electron chi connectivity index (χ3n) is 7.40. The van der Waals surface area contributed by atoms with Crippen LogP contribution in [0.1, 0.15) is 65.9 Å². The highest BCUT2D eigenvalue weighted by atomic mass is 35.5. The van der Waals surface area contributed by atoms with Gasteiger partial charge in [0.15, 0.2) is 5.78 Å². The molecule has 2 aliphatic rings. The van der Waals surface area contributed by atoms with Crippen LogP contribution in [0.5, 0.6) is 5.75 Å². The van der Waals surface area contributed by atoms with Gasteiger partial charge >= 0.3 is 0 Å². The lowest BCUT2D eigenvalue weighted by atomic mass is 9.88. The highest BCUT2D eigenvalue weighted by Gasteiger charge is 2.26. The number of nitrogens with zero attached hydrogens (tertiary/aromatic N) is 2. The molecular formula is C31H33ClN2O3. The van der Waals surface area contributed by atoms with Crippen molar-refractivity contribution in [1.82, 2.24) is 9.88 Å². The van der Waals surface area contributed by atoms with Crippen LogP contribution in [-0.2, 0) is 12.2 Å². The summed E-state index contributed by atoms with van der Waals surface area (Å²) in [5, 5.41) is 11.3. The number of hydrogen-bond donors (Lipinski definition) is 1. The molecule has 0 amide bonds. The number of likely N-dealkylation sites (tertiary alicyclic amines) is 1. The van der Waals surface area contributed by atoms with Crippen LogP contribution in [0.2, 0.25) is 5.02 Å². The maximum absolute atomic E-state index is 12.9. The Kier molecular flexibility index (Phi) is 7.47. The Balaban J connectivity index is 1.30. The van der Waals surface area contributed by atoms with Crippen LogP contribution < -0.4 is 4.74 Å². The predicted octanol–water partition coefficient (Wildman–Crippen LogP) is 6.27. The van der Waals surface area contributed by atoms with Crippen LogP contribution in [0.4, 0.5) is 0 Å². The summed E-state index contributed by atoms with van der Waals surface area (Å²) < 4.78 is 6.11. The lowest BCUT2D eigenvalue weighted by Gasteiger charge is -2.31. The molecule has 6 heteroatoms. The van der Waals surface area contributed by atoms with Crippen molar-refractivity contribution in [2.45, 2.75) is 45.3 Å². The van der Waals surface area contributed by atoms with E-state index in [9.17, 15) is 9.90 Å². The number of pyridine rings is 1. The van der Waals surface area contributed by atoms with Gasteiger partial charge in [-0.3, -0.25) is 9.78 Å². The smallest absolute Gasteiger partial charge is 0.166 e. The molecule has 0 atom stereocenters. The monoisotopic (exact) mass is 516 g/mol. The first kappa shape index (κ1) is 25.7. The minimum atomic E-state index is -0.946. The fourth-order valence-corrected chi connectivity index (χ4v) is 5.34. The number of halogens is 1. The Morgan fingerprint density at radius 2 is 1.89 bits per heavy atom. The van der Waals surface area contributed by atoms with Crippen LogP contribution in [0.25, 0.3) is 5.57 Å².